The molecule has 3 heteroatoms. The molecule has 0 fully saturated rings. The van der Waals surface area contributed by atoms with E-state index in [4.69, 9.17) is 9.84 Å². The van der Waals surface area contributed by atoms with Gasteiger partial charge in [0, 0.05) is 6.42 Å². The van der Waals surface area contributed by atoms with Crippen molar-refractivity contribution in [2.75, 3.05) is 7.11 Å². The Balaban J connectivity index is 2.35. The van der Waals surface area contributed by atoms with Gasteiger partial charge in [-0.1, -0.05) is 12.5 Å². The van der Waals surface area contributed by atoms with Crippen LogP contribution in [0.1, 0.15) is 42.4 Å². The molecule has 1 N–H and O–H groups in total. The van der Waals surface area contributed by atoms with Crippen molar-refractivity contribution in [3.63, 3.8) is 0 Å². The summed E-state index contributed by atoms with van der Waals surface area (Å²) in [6.07, 6.45) is 6.60. The molecule has 3 nitrogen and oxygen atoms in total. The fraction of sp³-hybridized carbons (Fsp3) is 0.533. The smallest absolute Gasteiger partial charge is 0.303 e. The first-order valence-corrected chi connectivity index (χ1v) is 6.62. The molecular weight excluding hydrogens is 228 g/mol. The standard InChI is InChI=1S/C15H20O3/c1-18-14-9-7-11-5-3-2-4-6-12(11)13(14)8-10-15(16)17/h7,9H,2-6,8,10H2,1H3,(H,16,17). The Bertz CT molecular complexity index is 438. The van der Waals surface area contributed by atoms with Crippen LogP contribution in [0.3, 0.4) is 0 Å². The van der Waals surface area contributed by atoms with E-state index in [9.17, 15) is 4.79 Å². The molecule has 0 saturated carbocycles. The number of carboxylic acids is 1. The van der Waals surface area contributed by atoms with E-state index in [0.29, 0.717) is 6.42 Å². The van der Waals surface area contributed by atoms with E-state index in [2.05, 4.69) is 6.07 Å². The molecule has 0 spiro atoms. The summed E-state index contributed by atoms with van der Waals surface area (Å²) in [6, 6.07) is 4.13. The number of ether oxygens (including phenoxy) is 1. The minimum Gasteiger partial charge on any atom is -0.496 e. The van der Waals surface area contributed by atoms with Crippen LogP contribution in [0.25, 0.3) is 0 Å². The summed E-state index contributed by atoms with van der Waals surface area (Å²) in [5, 5.41) is 8.86. The van der Waals surface area contributed by atoms with Crippen LogP contribution in [0.4, 0.5) is 0 Å². The highest BCUT2D eigenvalue weighted by Crippen LogP contribution is 2.31. The molecule has 2 rings (SSSR count). The molecule has 0 bridgehead atoms. The van der Waals surface area contributed by atoms with E-state index in [0.717, 1.165) is 24.2 Å². The lowest BCUT2D eigenvalue weighted by molar-refractivity contribution is -0.136. The molecule has 1 aliphatic rings. The average Bonchev–Trinajstić information content (AvgIpc) is 2.60. The van der Waals surface area contributed by atoms with Gasteiger partial charge >= 0.3 is 5.97 Å². The Morgan fingerprint density at radius 1 is 1.28 bits per heavy atom. The van der Waals surface area contributed by atoms with E-state index in [1.54, 1.807) is 7.11 Å². The van der Waals surface area contributed by atoms with Crippen LogP contribution >= 0.6 is 0 Å². The highest BCUT2D eigenvalue weighted by Gasteiger charge is 2.16. The molecule has 1 aromatic rings. The number of rotatable bonds is 4. The van der Waals surface area contributed by atoms with E-state index in [1.807, 2.05) is 6.07 Å². The molecule has 0 atom stereocenters. The van der Waals surface area contributed by atoms with Gasteiger partial charge in [0.05, 0.1) is 7.11 Å². The molecule has 0 aromatic heterocycles. The number of benzene rings is 1. The molecule has 0 amide bonds. The molecule has 1 aromatic carbocycles. The monoisotopic (exact) mass is 248 g/mol. The lowest BCUT2D eigenvalue weighted by Crippen LogP contribution is -2.05. The van der Waals surface area contributed by atoms with Crippen molar-refractivity contribution in [2.45, 2.75) is 44.9 Å². The van der Waals surface area contributed by atoms with Gasteiger partial charge in [0.15, 0.2) is 0 Å². The number of carbonyl (C=O) groups is 1. The first kappa shape index (κ1) is 12.9. The van der Waals surface area contributed by atoms with Crippen LogP contribution in [-0.4, -0.2) is 18.2 Å². The number of hydrogen-bond acceptors (Lipinski definition) is 2. The second kappa shape index (κ2) is 5.89. The Hall–Kier alpha value is -1.51. The number of aliphatic carboxylic acids is 1. The van der Waals surface area contributed by atoms with Crippen molar-refractivity contribution in [1.82, 2.24) is 0 Å². The van der Waals surface area contributed by atoms with Crippen LogP contribution < -0.4 is 4.74 Å². The quantitative estimate of drug-likeness (QED) is 0.833. The van der Waals surface area contributed by atoms with Crippen LogP contribution in [0.2, 0.25) is 0 Å². The summed E-state index contributed by atoms with van der Waals surface area (Å²) < 4.78 is 5.39. The van der Waals surface area contributed by atoms with Crippen molar-refractivity contribution in [2.24, 2.45) is 0 Å². The number of carboxylic acid groups (broad SMARTS) is 1. The van der Waals surface area contributed by atoms with E-state index in [-0.39, 0.29) is 6.42 Å². The largest absolute Gasteiger partial charge is 0.496 e. The predicted octanol–water partition coefficient (Wildman–Crippen LogP) is 2.98. The summed E-state index contributed by atoms with van der Waals surface area (Å²) in [5.41, 5.74) is 3.83. The highest BCUT2D eigenvalue weighted by atomic mass is 16.5. The van der Waals surface area contributed by atoms with Crippen LogP contribution in [0.15, 0.2) is 12.1 Å². The zero-order chi connectivity index (χ0) is 13.0. The molecule has 18 heavy (non-hydrogen) atoms. The van der Waals surface area contributed by atoms with Gasteiger partial charge in [-0.3, -0.25) is 4.79 Å². The average molecular weight is 248 g/mol. The third-order valence-electron chi connectivity index (χ3n) is 3.67. The van der Waals surface area contributed by atoms with Crippen LogP contribution in [0.5, 0.6) is 5.75 Å². The Kier molecular flexibility index (Phi) is 4.24. The lowest BCUT2D eigenvalue weighted by Gasteiger charge is -2.16. The van der Waals surface area contributed by atoms with Crippen molar-refractivity contribution < 1.29 is 14.6 Å². The van der Waals surface area contributed by atoms with Crippen molar-refractivity contribution >= 4 is 5.97 Å². The SMILES string of the molecule is COc1ccc2c(c1CCC(=O)O)CCCCC2. The van der Waals surface area contributed by atoms with Gasteiger partial charge < -0.3 is 9.84 Å². The molecule has 0 saturated heterocycles. The maximum absolute atomic E-state index is 10.8. The number of hydrogen-bond donors (Lipinski definition) is 1. The van der Waals surface area contributed by atoms with Gasteiger partial charge in [-0.05, 0) is 54.9 Å². The van der Waals surface area contributed by atoms with E-state index >= 15 is 0 Å². The molecule has 98 valence electrons. The van der Waals surface area contributed by atoms with E-state index < -0.39 is 5.97 Å². The zero-order valence-corrected chi connectivity index (χ0v) is 10.9. The molecule has 1 aliphatic carbocycles. The van der Waals surface area contributed by atoms with Gasteiger partial charge in [0.1, 0.15) is 5.75 Å². The first-order valence-electron chi connectivity index (χ1n) is 6.62. The maximum atomic E-state index is 10.8. The Morgan fingerprint density at radius 3 is 2.78 bits per heavy atom. The maximum Gasteiger partial charge on any atom is 0.303 e. The molecular formula is C15H20O3. The second-order valence-corrected chi connectivity index (χ2v) is 4.84. The fourth-order valence-corrected chi connectivity index (χ4v) is 2.76. The van der Waals surface area contributed by atoms with Crippen molar-refractivity contribution in [3.05, 3.63) is 28.8 Å². The van der Waals surface area contributed by atoms with Gasteiger partial charge in [0.25, 0.3) is 0 Å². The highest BCUT2D eigenvalue weighted by molar-refractivity contribution is 5.67. The van der Waals surface area contributed by atoms with Crippen molar-refractivity contribution in [3.8, 4) is 5.75 Å². The third-order valence-corrected chi connectivity index (χ3v) is 3.67. The summed E-state index contributed by atoms with van der Waals surface area (Å²) >= 11 is 0. The molecule has 0 unspecified atom stereocenters. The Labute approximate surface area is 108 Å². The molecule has 0 heterocycles. The summed E-state index contributed by atoms with van der Waals surface area (Å²) in [6.45, 7) is 0. The second-order valence-electron chi connectivity index (χ2n) is 4.84. The number of fused-ring (bicyclic) bond motifs is 1. The number of aryl methyl sites for hydroxylation is 1. The van der Waals surface area contributed by atoms with Gasteiger partial charge in [-0.25, -0.2) is 0 Å². The fourth-order valence-electron chi connectivity index (χ4n) is 2.76. The predicted molar refractivity (Wildman–Crippen MR) is 70.2 cm³/mol. The summed E-state index contributed by atoms with van der Waals surface area (Å²) in [4.78, 5) is 10.8. The van der Waals surface area contributed by atoms with Crippen LogP contribution in [-0.2, 0) is 24.1 Å². The normalized spacial score (nSPS) is 14.7. The van der Waals surface area contributed by atoms with Gasteiger partial charge in [0.2, 0.25) is 0 Å². The molecule has 0 aliphatic heterocycles. The minimum atomic E-state index is -0.747. The van der Waals surface area contributed by atoms with Gasteiger partial charge in [-0.15, -0.1) is 0 Å². The molecule has 0 radical (unpaired) electrons. The van der Waals surface area contributed by atoms with Crippen LogP contribution in [0, 0.1) is 0 Å². The number of methoxy groups -OCH3 is 1. The van der Waals surface area contributed by atoms with E-state index in [1.165, 1.54) is 30.4 Å². The summed E-state index contributed by atoms with van der Waals surface area (Å²) in [5.74, 6) is 0.0974. The van der Waals surface area contributed by atoms with Crippen molar-refractivity contribution in [1.29, 1.82) is 0 Å². The third kappa shape index (κ3) is 2.84. The summed E-state index contributed by atoms with van der Waals surface area (Å²) in [7, 11) is 1.66. The lowest BCUT2D eigenvalue weighted by atomic mass is 9.93. The minimum absolute atomic E-state index is 0.173. The zero-order valence-electron chi connectivity index (χ0n) is 10.9. The Morgan fingerprint density at radius 2 is 2.06 bits per heavy atom. The van der Waals surface area contributed by atoms with Gasteiger partial charge in [-0.2, -0.15) is 0 Å². The topological polar surface area (TPSA) is 46.5 Å². The first-order chi connectivity index (χ1) is 8.72.